The lowest BCUT2D eigenvalue weighted by atomic mass is 9.91. The number of amides is 1. The highest BCUT2D eigenvalue weighted by Gasteiger charge is 2.26. The number of aromatic nitrogens is 2. The van der Waals surface area contributed by atoms with Gasteiger partial charge in [0.1, 0.15) is 11.5 Å². The molecule has 0 unspecified atom stereocenters. The SMILES string of the molecule is COc1c[nH]c(C(=O)N[C@H]2CCCc3c2[nH]c2ccc(F)cc32)cc1=O. The van der Waals surface area contributed by atoms with Crippen LogP contribution in [0.1, 0.15) is 40.6 Å². The number of nitrogens with one attached hydrogen (secondary N) is 3. The van der Waals surface area contributed by atoms with E-state index in [1.54, 1.807) is 6.07 Å². The zero-order chi connectivity index (χ0) is 18.3. The first-order chi connectivity index (χ1) is 12.6. The number of hydrogen-bond acceptors (Lipinski definition) is 3. The van der Waals surface area contributed by atoms with Crippen molar-refractivity contribution >= 4 is 16.8 Å². The van der Waals surface area contributed by atoms with Crippen LogP contribution in [0.5, 0.6) is 5.75 Å². The molecule has 2 aromatic heterocycles. The molecule has 1 atom stereocenters. The van der Waals surface area contributed by atoms with Crippen LogP contribution in [0, 0.1) is 5.82 Å². The van der Waals surface area contributed by atoms with Gasteiger partial charge >= 0.3 is 0 Å². The Kier molecular flexibility index (Phi) is 3.99. The number of H-pyrrole nitrogens is 2. The summed E-state index contributed by atoms with van der Waals surface area (Å²) in [4.78, 5) is 30.5. The molecule has 1 aromatic carbocycles. The molecule has 0 aliphatic heterocycles. The van der Waals surface area contributed by atoms with E-state index in [1.807, 2.05) is 0 Å². The van der Waals surface area contributed by atoms with Gasteiger partial charge in [0.05, 0.1) is 13.2 Å². The molecule has 26 heavy (non-hydrogen) atoms. The Morgan fingerprint density at radius 3 is 2.96 bits per heavy atom. The molecular weight excluding hydrogens is 337 g/mol. The summed E-state index contributed by atoms with van der Waals surface area (Å²) in [5, 5.41) is 3.81. The van der Waals surface area contributed by atoms with Crippen molar-refractivity contribution in [3.8, 4) is 5.75 Å². The maximum Gasteiger partial charge on any atom is 0.268 e. The van der Waals surface area contributed by atoms with Gasteiger partial charge in [-0.15, -0.1) is 0 Å². The number of pyridine rings is 1. The summed E-state index contributed by atoms with van der Waals surface area (Å²) < 4.78 is 18.5. The second-order valence-electron chi connectivity index (χ2n) is 6.40. The third kappa shape index (κ3) is 2.75. The summed E-state index contributed by atoms with van der Waals surface area (Å²) in [6.45, 7) is 0. The van der Waals surface area contributed by atoms with E-state index in [0.29, 0.717) is 0 Å². The van der Waals surface area contributed by atoms with Gasteiger partial charge in [-0.25, -0.2) is 4.39 Å². The number of hydrogen-bond donors (Lipinski definition) is 3. The number of benzene rings is 1. The quantitative estimate of drug-likeness (QED) is 0.675. The van der Waals surface area contributed by atoms with E-state index < -0.39 is 0 Å². The second-order valence-corrected chi connectivity index (χ2v) is 6.40. The number of carbonyl (C=O) groups excluding carboxylic acids is 1. The highest BCUT2D eigenvalue weighted by Crippen LogP contribution is 2.35. The van der Waals surface area contributed by atoms with Gasteiger partial charge < -0.3 is 20.0 Å². The van der Waals surface area contributed by atoms with Gasteiger partial charge in [-0.2, -0.15) is 0 Å². The Bertz CT molecular complexity index is 1050. The van der Waals surface area contributed by atoms with Gasteiger partial charge in [0.15, 0.2) is 5.75 Å². The van der Waals surface area contributed by atoms with Gasteiger partial charge in [-0.1, -0.05) is 0 Å². The average molecular weight is 355 g/mol. The lowest BCUT2D eigenvalue weighted by Crippen LogP contribution is -2.32. The summed E-state index contributed by atoms with van der Waals surface area (Å²) in [5.74, 6) is -0.493. The van der Waals surface area contributed by atoms with Crippen molar-refractivity contribution in [2.24, 2.45) is 0 Å². The summed E-state index contributed by atoms with van der Waals surface area (Å²) in [6.07, 6.45) is 3.87. The van der Waals surface area contributed by atoms with Crippen LogP contribution in [0.2, 0.25) is 0 Å². The van der Waals surface area contributed by atoms with Crippen molar-refractivity contribution in [1.29, 1.82) is 0 Å². The Hall–Kier alpha value is -3.09. The first-order valence-electron chi connectivity index (χ1n) is 8.44. The summed E-state index contributed by atoms with van der Waals surface area (Å²) in [7, 11) is 1.40. The van der Waals surface area contributed by atoms with Crippen molar-refractivity contribution in [1.82, 2.24) is 15.3 Å². The normalized spacial score (nSPS) is 16.3. The molecule has 1 amide bonds. The van der Waals surface area contributed by atoms with E-state index in [-0.39, 0.29) is 34.6 Å². The maximum atomic E-state index is 13.6. The van der Waals surface area contributed by atoms with Crippen molar-refractivity contribution in [2.75, 3.05) is 7.11 Å². The lowest BCUT2D eigenvalue weighted by molar-refractivity contribution is 0.0926. The number of fused-ring (bicyclic) bond motifs is 3. The smallest absolute Gasteiger partial charge is 0.268 e. The van der Waals surface area contributed by atoms with Gasteiger partial charge in [0, 0.05) is 28.9 Å². The van der Waals surface area contributed by atoms with E-state index in [1.165, 1.54) is 31.5 Å². The molecule has 3 aromatic rings. The molecule has 0 spiro atoms. The number of halogens is 1. The highest BCUT2D eigenvalue weighted by molar-refractivity contribution is 5.93. The van der Waals surface area contributed by atoms with Crippen LogP contribution in [0.15, 0.2) is 35.3 Å². The molecule has 0 saturated heterocycles. The summed E-state index contributed by atoms with van der Waals surface area (Å²) in [5.41, 5.74) is 2.61. The van der Waals surface area contributed by atoms with Crippen molar-refractivity contribution in [3.63, 3.8) is 0 Å². The predicted molar refractivity (Wildman–Crippen MR) is 95.0 cm³/mol. The lowest BCUT2D eigenvalue weighted by Gasteiger charge is -2.23. The monoisotopic (exact) mass is 355 g/mol. The molecule has 1 aliphatic carbocycles. The zero-order valence-electron chi connectivity index (χ0n) is 14.2. The number of carbonyl (C=O) groups is 1. The Balaban J connectivity index is 1.64. The van der Waals surface area contributed by atoms with Crippen molar-refractivity contribution in [3.05, 3.63) is 63.5 Å². The topological polar surface area (TPSA) is 87.0 Å². The third-order valence-corrected chi connectivity index (χ3v) is 4.82. The van der Waals surface area contributed by atoms with E-state index in [9.17, 15) is 14.0 Å². The molecule has 4 rings (SSSR count). The van der Waals surface area contributed by atoms with Crippen LogP contribution in [0.4, 0.5) is 4.39 Å². The fourth-order valence-electron chi connectivity index (χ4n) is 3.56. The fraction of sp³-hybridized carbons (Fsp3) is 0.263. The number of ether oxygens (including phenoxy) is 1. The molecule has 134 valence electrons. The molecular formula is C19H18FN3O3. The molecule has 3 N–H and O–H groups in total. The largest absolute Gasteiger partial charge is 0.491 e. The third-order valence-electron chi connectivity index (χ3n) is 4.82. The zero-order valence-corrected chi connectivity index (χ0v) is 14.2. The fourth-order valence-corrected chi connectivity index (χ4v) is 3.56. The number of rotatable bonds is 3. The molecule has 0 fully saturated rings. The Morgan fingerprint density at radius 2 is 2.19 bits per heavy atom. The molecule has 0 radical (unpaired) electrons. The number of aromatic amines is 2. The summed E-state index contributed by atoms with van der Waals surface area (Å²) >= 11 is 0. The van der Waals surface area contributed by atoms with Gasteiger partial charge in [-0.05, 0) is 43.0 Å². The Labute approximate surface area is 148 Å². The average Bonchev–Trinajstić information content (AvgIpc) is 3.00. The first-order valence-corrected chi connectivity index (χ1v) is 8.44. The van der Waals surface area contributed by atoms with Crippen molar-refractivity contribution < 1.29 is 13.9 Å². The molecule has 1 aliphatic rings. The number of methoxy groups -OCH3 is 1. The van der Waals surface area contributed by atoms with E-state index in [4.69, 9.17) is 4.74 Å². The molecule has 2 heterocycles. The van der Waals surface area contributed by atoms with Gasteiger partial charge in [0.2, 0.25) is 5.43 Å². The van der Waals surface area contributed by atoms with E-state index in [0.717, 1.165) is 41.4 Å². The van der Waals surface area contributed by atoms with Crippen LogP contribution in [0.3, 0.4) is 0 Å². The number of aryl methyl sites for hydroxylation is 1. The predicted octanol–water partition coefficient (Wildman–Crippen LogP) is 2.81. The van der Waals surface area contributed by atoms with Crippen LogP contribution >= 0.6 is 0 Å². The van der Waals surface area contributed by atoms with Crippen LogP contribution in [-0.2, 0) is 6.42 Å². The molecule has 6 nitrogen and oxygen atoms in total. The van der Waals surface area contributed by atoms with Crippen LogP contribution in [0.25, 0.3) is 10.9 Å². The molecule has 7 heteroatoms. The van der Waals surface area contributed by atoms with Crippen LogP contribution < -0.4 is 15.5 Å². The molecule has 0 bridgehead atoms. The summed E-state index contributed by atoms with van der Waals surface area (Å²) in [6, 6.07) is 5.66. The molecule has 0 saturated carbocycles. The minimum atomic E-state index is -0.368. The van der Waals surface area contributed by atoms with E-state index >= 15 is 0 Å². The minimum absolute atomic E-state index is 0.152. The Morgan fingerprint density at radius 1 is 1.35 bits per heavy atom. The second kappa shape index (κ2) is 6.33. The van der Waals surface area contributed by atoms with Crippen LogP contribution in [-0.4, -0.2) is 23.0 Å². The van der Waals surface area contributed by atoms with Gasteiger partial charge in [-0.3, -0.25) is 9.59 Å². The van der Waals surface area contributed by atoms with Crippen molar-refractivity contribution in [2.45, 2.75) is 25.3 Å². The van der Waals surface area contributed by atoms with E-state index in [2.05, 4.69) is 15.3 Å². The standard InChI is InChI=1S/C19H18FN3O3/c1-26-17-9-21-15(8-16(17)24)19(25)23-14-4-2-3-11-12-7-10(20)5-6-13(12)22-18(11)14/h5-9,14,22H,2-4H2,1H3,(H,21,24)(H,23,25)/t14-/m0/s1. The minimum Gasteiger partial charge on any atom is -0.491 e. The maximum absolute atomic E-state index is 13.6. The highest BCUT2D eigenvalue weighted by atomic mass is 19.1. The first kappa shape index (κ1) is 16.4. The van der Waals surface area contributed by atoms with Gasteiger partial charge in [0.25, 0.3) is 5.91 Å².